The van der Waals surface area contributed by atoms with Crippen LogP contribution in [0.4, 0.5) is 0 Å². The standard InChI is InChI=1S/C28H24NO.C19H16N.Ir/c1-28(2,3)18-19-11-13-20(14-12-19)21-15-16-29-25(17-21)24-9-6-8-23-22-7-4-5-10-26(22)30-27(23)24;1-14-8-11-19(20-13-14)17-10-9-15(2)18(12-17)16-6-4-3-5-7-16;/h4-8,10-17H,18H2,1-3H3;3-9,11-13H,1-2H3;/q2*-1;/i18D2;1D3,2D3;. The van der Waals surface area contributed by atoms with Crippen molar-refractivity contribution in [2.24, 2.45) is 5.41 Å². The summed E-state index contributed by atoms with van der Waals surface area (Å²) in [7, 11) is 0. The second-order valence-corrected chi connectivity index (χ2v) is 13.0. The van der Waals surface area contributed by atoms with Crippen molar-refractivity contribution in [2.45, 2.75) is 40.8 Å². The van der Waals surface area contributed by atoms with Crippen LogP contribution in [0.5, 0.6) is 0 Å². The van der Waals surface area contributed by atoms with Crippen LogP contribution in [-0.4, -0.2) is 9.97 Å². The van der Waals surface area contributed by atoms with Crippen molar-refractivity contribution in [3.8, 4) is 44.8 Å². The van der Waals surface area contributed by atoms with Crippen LogP contribution in [0.15, 0.2) is 144 Å². The molecule has 0 aliphatic carbocycles. The van der Waals surface area contributed by atoms with E-state index in [0.29, 0.717) is 22.4 Å². The fourth-order valence-corrected chi connectivity index (χ4v) is 5.86. The van der Waals surface area contributed by atoms with E-state index in [9.17, 15) is 0 Å². The van der Waals surface area contributed by atoms with Gasteiger partial charge in [-0.2, -0.15) is 0 Å². The second kappa shape index (κ2) is 15.4. The van der Waals surface area contributed by atoms with Gasteiger partial charge in [0.15, 0.2) is 0 Å². The molecule has 4 heteroatoms. The van der Waals surface area contributed by atoms with Gasteiger partial charge in [0.1, 0.15) is 5.58 Å². The summed E-state index contributed by atoms with van der Waals surface area (Å²) in [4.78, 5) is 8.80. The number of aryl methyl sites for hydroxylation is 2. The first-order chi connectivity index (χ1) is 27.4. The predicted octanol–water partition coefficient (Wildman–Crippen LogP) is 12.5. The molecule has 0 saturated carbocycles. The molecule has 0 atom stereocenters. The van der Waals surface area contributed by atoms with Crippen LogP contribution in [0.3, 0.4) is 0 Å². The van der Waals surface area contributed by atoms with Gasteiger partial charge in [-0.3, -0.25) is 0 Å². The predicted molar refractivity (Wildman–Crippen MR) is 208 cm³/mol. The Morgan fingerprint density at radius 2 is 1.53 bits per heavy atom. The van der Waals surface area contributed by atoms with Crippen molar-refractivity contribution in [3.05, 3.63) is 169 Å². The average Bonchev–Trinajstić information content (AvgIpc) is 3.59. The fourth-order valence-electron chi connectivity index (χ4n) is 5.86. The Hall–Kier alpha value is -5.15. The molecule has 8 aromatic rings. The van der Waals surface area contributed by atoms with Gasteiger partial charge in [-0.15, -0.1) is 47.5 Å². The number of fused-ring (bicyclic) bond motifs is 3. The number of hydrogen-bond acceptors (Lipinski definition) is 3. The topological polar surface area (TPSA) is 38.9 Å². The molecule has 0 saturated heterocycles. The number of hydrogen-bond donors (Lipinski definition) is 0. The molecule has 0 amide bonds. The number of furan rings is 1. The number of nitrogens with zero attached hydrogens (tertiary/aromatic N) is 2. The van der Waals surface area contributed by atoms with E-state index in [2.05, 4.69) is 28.2 Å². The molecule has 0 unspecified atom stereocenters. The van der Waals surface area contributed by atoms with Crippen molar-refractivity contribution in [1.29, 1.82) is 0 Å². The summed E-state index contributed by atoms with van der Waals surface area (Å²) >= 11 is 0. The van der Waals surface area contributed by atoms with Gasteiger partial charge in [0, 0.05) is 48.9 Å². The van der Waals surface area contributed by atoms with Gasteiger partial charge in [0.25, 0.3) is 0 Å². The minimum Gasteiger partial charge on any atom is -0.501 e. The largest absolute Gasteiger partial charge is 0.501 e. The van der Waals surface area contributed by atoms with Gasteiger partial charge in [-0.25, -0.2) is 0 Å². The maximum absolute atomic E-state index is 8.51. The first-order valence-electron chi connectivity index (χ1n) is 20.4. The quantitative estimate of drug-likeness (QED) is 0.162. The molecule has 0 aliphatic heterocycles. The van der Waals surface area contributed by atoms with E-state index in [-0.39, 0.29) is 31.2 Å². The smallest absolute Gasteiger partial charge is 0.120 e. The van der Waals surface area contributed by atoms with Crippen LogP contribution in [0, 0.1) is 31.3 Å². The number of aromatic nitrogens is 2. The van der Waals surface area contributed by atoms with Crippen molar-refractivity contribution in [1.82, 2.24) is 9.97 Å². The molecule has 1 radical (unpaired) electrons. The Labute approximate surface area is 326 Å². The van der Waals surface area contributed by atoms with Crippen molar-refractivity contribution < 1.29 is 35.5 Å². The summed E-state index contributed by atoms with van der Waals surface area (Å²) in [5.41, 5.74) is 8.37. The van der Waals surface area contributed by atoms with E-state index >= 15 is 0 Å². The Kier molecular flexibility index (Phi) is 8.04. The first kappa shape index (κ1) is 26.6. The van der Waals surface area contributed by atoms with Crippen molar-refractivity contribution in [2.75, 3.05) is 0 Å². The number of rotatable bonds is 5. The molecule has 0 spiro atoms. The van der Waals surface area contributed by atoms with E-state index < -0.39 is 25.5 Å². The van der Waals surface area contributed by atoms with E-state index in [1.807, 2.05) is 118 Å². The summed E-state index contributed by atoms with van der Waals surface area (Å²) < 4.78 is 68.7. The molecule has 0 aliphatic rings. The minimum atomic E-state index is -2.27. The third-order valence-electron chi connectivity index (χ3n) is 8.17. The van der Waals surface area contributed by atoms with Crippen LogP contribution in [-0.2, 0) is 26.5 Å². The monoisotopic (exact) mass is 849 g/mol. The van der Waals surface area contributed by atoms with Gasteiger partial charge in [-0.1, -0.05) is 135 Å². The summed E-state index contributed by atoms with van der Waals surface area (Å²) in [5, 5.41) is 2.13. The first-order valence-corrected chi connectivity index (χ1v) is 16.4. The van der Waals surface area contributed by atoms with Crippen molar-refractivity contribution in [3.63, 3.8) is 0 Å². The fraction of sp³-hybridized carbons (Fsp3) is 0.149. The molecular formula is C47H40IrN2O-2. The van der Waals surface area contributed by atoms with E-state index in [0.717, 1.165) is 49.9 Å². The summed E-state index contributed by atoms with van der Waals surface area (Å²) in [6, 6.07) is 45.5. The van der Waals surface area contributed by atoms with Gasteiger partial charge in [-0.05, 0) is 70.0 Å². The van der Waals surface area contributed by atoms with Gasteiger partial charge >= 0.3 is 0 Å². The Morgan fingerprint density at radius 3 is 2.27 bits per heavy atom. The Morgan fingerprint density at radius 1 is 0.725 bits per heavy atom. The summed E-state index contributed by atoms with van der Waals surface area (Å²) in [6.07, 6.45) is 1.69. The van der Waals surface area contributed by atoms with Crippen LogP contribution < -0.4 is 0 Å². The average molecular weight is 849 g/mol. The van der Waals surface area contributed by atoms with Crippen LogP contribution in [0.2, 0.25) is 0 Å². The SMILES string of the molecule is [2H]C([2H])([2H])c1ccc(-c2[c-]cc(C([2H])([2H])[2H])c(-c3ccccc3)c2)nc1.[2H]C([2H])(c1ccc(-c2ccnc(-c3[c-]ccc4c3oc3ccccc34)c2)cc1)C(C)(C)C.[Ir]. The van der Waals surface area contributed by atoms with Gasteiger partial charge in [0.2, 0.25) is 0 Å². The maximum atomic E-state index is 8.51. The zero-order valence-corrected chi connectivity index (χ0v) is 30.8. The van der Waals surface area contributed by atoms with Crippen LogP contribution in [0.25, 0.3) is 66.7 Å². The molecule has 5 aromatic carbocycles. The van der Waals surface area contributed by atoms with Crippen LogP contribution in [0.1, 0.15) is 48.4 Å². The number of benzene rings is 5. The molecular weight excluding hydrogens is 801 g/mol. The number of para-hydroxylation sites is 1. The normalized spacial score (nSPS) is 14.3. The molecule has 255 valence electrons. The molecule has 3 aromatic heterocycles. The van der Waals surface area contributed by atoms with Crippen LogP contribution >= 0.6 is 0 Å². The Balaban J connectivity index is 0.000000199. The molecule has 0 N–H and O–H groups in total. The van der Waals surface area contributed by atoms with E-state index in [1.165, 1.54) is 18.3 Å². The molecule has 0 fully saturated rings. The van der Waals surface area contributed by atoms with Gasteiger partial charge < -0.3 is 14.4 Å². The zero-order valence-electron chi connectivity index (χ0n) is 36.4. The van der Waals surface area contributed by atoms with Gasteiger partial charge in [0.05, 0.1) is 5.58 Å². The maximum Gasteiger partial charge on any atom is 0.120 e. The molecule has 0 bridgehead atoms. The molecule has 3 nitrogen and oxygen atoms in total. The second-order valence-electron chi connectivity index (χ2n) is 13.0. The van der Waals surface area contributed by atoms with Crippen molar-refractivity contribution >= 4 is 21.9 Å². The number of pyridine rings is 2. The van der Waals surface area contributed by atoms with E-state index in [1.54, 1.807) is 18.3 Å². The molecule has 3 heterocycles. The molecule has 51 heavy (non-hydrogen) atoms. The molecule has 8 rings (SSSR count). The summed E-state index contributed by atoms with van der Waals surface area (Å²) in [6.45, 7) is 1.29. The Bertz CT molecular complexity index is 2700. The zero-order chi connectivity index (χ0) is 41.5. The summed E-state index contributed by atoms with van der Waals surface area (Å²) in [5.74, 6) is 0. The third kappa shape index (κ3) is 8.26. The van der Waals surface area contributed by atoms with E-state index in [4.69, 9.17) is 15.4 Å². The minimum absolute atomic E-state index is 0. The third-order valence-corrected chi connectivity index (χ3v) is 8.17.